The Kier molecular flexibility index (Phi) is 5.46. The number of anilines is 1. The molecule has 0 bridgehead atoms. The SMILES string of the molecule is Cc1ccc(NC(=O)C2CCN(C(=O)C(C)C)CC2)c(Cl)c1. The van der Waals surface area contributed by atoms with Crippen molar-refractivity contribution in [2.24, 2.45) is 11.8 Å². The third-order valence-electron chi connectivity index (χ3n) is 4.05. The van der Waals surface area contributed by atoms with Crippen molar-refractivity contribution in [1.82, 2.24) is 4.90 Å². The normalized spacial score (nSPS) is 16.0. The second-order valence-electron chi connectivity index (χ2n) is 6.23. The number of likely N-dealkylation sites (tertiary alicyclic amines) is 1. The second kappa shape index (κ2) is 7.14. The van der Waals surface area contributed by atoms with Crippen LogP contribution in [0.25, 0.3) is 0 Å². The summed E-state index contributed by atoms with van der Waals surface area (Å²) in [5.41, 5.74) is 1.71. The lowest BCUT2D eigenvalue weighted by Crippen LogP contribution is -2.43. The Morgan fingerprint density at radius 2 is 1.91 bits per heavy atom. The predicted molar refractivity (Wildman–Crippen MR) is 89.0 cm³/mol. The Labute approximate surface area is 136 Å². The summed E-state index contributed by atoms with van der Waals surface area (Å²) in [5, 5.41) is 3.46. The minimum Gasteiger partial charge on any atom is -0.342 e. The molecule has 0 saturated carbocycles. The van der Waals surface area contributed by atoms with Gasteiger partial charge in [0.2, 0.25) is 11.8 Å². The minimum atomic E-state index is -0.0615. The van der Waals surface area contributed by atoms with E-state index in [9.17, 15) is 9.59 Å². The molecule has 1 aliphatic rings. The van der Waals surface area contributed by atoms with Crippen molar-refractivity contribution in [2.45, 2.75) is 33.6 Å². The van der Waals surface area contributed by atoms with Gasteiger partial charge in [0.15, 0.2) is 0 Å². The molecule has 1 aliphatic heterocycles. The first-order chi connectivity index (χ1) is 10.4. The molecule has 1 fully saturated rings. The van der Waals surface area contributed by atoms with Gasteiger partial charge in [0.05, 0.1) is 10.7 Å². The minimum absolute atomic E-state index is 0.0109. The lowest BCUT2D eigenvalue weighted by molar-refractivity contribution is -0.137. The van der Waals surface area contributed by atoms with Crippen molar-refractivity contribution in [2.75, 3.05) is 18.4 Å². The maximum atomic E-state index is 12.3. The molecule has 2 amide bonds. The number of aryl methyl sites for hydroxylation is 1. The molecular weight excluding hydrogens is 300 g/mol. The van der Waals surface area contributed by atoms with Gasteiger partial charge in [0, 0.05) is 24.9 Å². The van der Waals surface area contributed by atoms with Crippen LogP contribution < -0.4 is 5.32 Å². The van der Waals surface area contributed by atoms with E-state index in [0.717, 1.165) is 5.56 Å². The molecule has 0 spiro atoms. The zero-order valence-electron chi connectivity index (χ0n) is 13.4. The van der Waals surface area contributed by atoms with Gasteiger partial charge in [0.25, 0.3) is 0 Å². The molecule has 5 heteroatoms. The maximum absolute atomic E-state index is 12.3. The lowest BCUT2D eigenvalue weighted by atomic mass is 9.95. The summed E-state index contributed by atoms with van der Waals surface area (Å²) < 4.78 is 0. The van der Waals surface area contributed by atoms with Gasteiger partial charge < -0.3 is 10.2 Å². The first-order valence-electron chi connectivity index (χ1n) is 7.74. The molecule has 0 atom stereocenters. The monoisotopic (exact) mass is 322 g/mol. The molecule has 1 N–H and O–H groups in total. The Morgan fingerprint density at radius 3 is 2.45 bits per heavy atom. The number of benzene rings is 1. The van der Waals surface area contributed by atoms with E-state index in [1.807, 2.05) is 43.9 Å². The van der Waals surface area contributed by atoms with Crippen LogP contribution in [0.1, 0.15) is 32.3 Å². The highest BCUT2D eigenvalue weighted by Crippen LogP contribution is 2.25. The standard InChI is InChI=1S/C17H23ClN2O2/c1-11(2)17(22)20-8-6-13(7-9-20)16(21)19-15-5-4-12(3)10-14(15)18/h4-5,10-11,13H,6-9H2,1-3H3,(H,19,21). The topological polar surface area (TPSA) is 49.4 Å². The van der Waals surface area contributed by atoms with Crippen molar-refractivity contribution in [3.05, 3.63) is 28.8 Å². The molecule has 120 valence electrons. The Hall–Kier alpha value is -1.55. The molecule has 0 aromatic heterocycles. The van der Waals surface area contributed by atoms with Crippen molar-refractivity contribution < 1.29 is 9.59 Å². The van der Waals surface area contributed by atoms with Crippen LogP contribution in [-0.4, -0.2) is 29.8 Å². The number of hydrogen-bond donors (Lipinski definition) is 1. The molecule has 0 unspecified atom stereocenters. The van der Waals surface area contributed by atoms with Crippen LogP contribution in [0.3, 0.4) is 0 Å². The molecule has 1 aromatic rings. The van der Waals surface area contributed by atoms with Crippen LogP contribution in [0.15, 0.2) is 18.2 Å². The number of halogens is 1. The summed E-state index contributed by atoms with van der Waals surface area (Å²) in [6.07, 6.45) is 1.40. The summed E-state index contributed by atoms with van der Waals surface area (Å²) in [4.78, 5) is 26.1. The highest BCUT2D eigenvalue weighted by molar-refractivity contribution is 6.33. The highest BCUT2D eigenvalue weighted by Gasteiger charge is 2.28. The van der Waals surface area contributed by atoms with Gasteiger partial charge in [-0.15, -0.1) is 0 Å². The number of amides is 2. The predicted octanol–water partition coefficient (Wildman–Crippen LogP) is 3.48. The van der Waals surface area contributed by atoms with Crippen LogP contribution in [0, 0.1) is 18.8 Å². The third kappa shape index (κ3) is 4.01. The average Bonchev–Trinajstić information content (AvgIpc) is 2.49. The van der Waals surface area contributed by atoms with Gasteiger partial charge in [-0.3, -0.25) is 9.59 Å². The largest absolute Gasteiger partial charge is 0.342 e. The van der Waals surface area contributed by atoms with E-state index in [2.05, 4.69) is 5.32 Å². The number of carbonyl (C=O) groups is 2. The van der Waals surface area contributed by atoms with E-state index in [4.69, 9.17) is 11.6 Å². The van der Waals surface area contributed by atoms with Gasteiger partial charge in [-0.1, -0.05) is 31.5 Å². The number of nitrogens with one attached hydrogen (secondary N) is 1. The fourth-order valence-electron chi connectivity index (χ4n) is 2.68. The van der Waals surface area contributed by atoms with Crippen LogP contribution in [0.5, 0.6) is 0 Å². The quantitative estimate of drug-likeness (QED) is 0.926. The summed E-state index contributed by atoms with van der Waals surface area (Å²) >= 11 is 6.14. The van der Waals surface area contributed by atoms with E-state index in [-0.39, 0.29) is 23.7 Å². The number of hydrogen-bond acceptors (Lipinski definition) is 2. The van der Waals surface area contributed by atoms with Crippen molar-refractivity contribution >= 4 is 29.1 Å². The highest BCUT2D eigenvalue weighted by atomic mass is 35.5. The number of rotatable bonds is 3. The van der Waals surface area contributed by atoms with Crippen molar-refractivity contribution in [1.29, 1.82) is 0 Å². The van der Waals surface area contributed by atoms with Gasteiger partial charge in [-0.2, -0.15) is 0 Å². The van der Waals surface area contributed by atoms with Crippen molar-refractivity contribution in [3.8, 4) is 0 Å². The number of carbonyl (C=O) groups excluding carboxylic acids is 2. The summed E-state index contributed by atoms with van der Waals surface area (Å²) in [6.45, 7) is 7.06. The molecule has 2 rings (SSSR count). The van der Waals surface area contributed by atoms with E-state index >= 15 is 0 Å². The maximum Gasteiger partial charge on any atom is 0.227 e. The van der Waals surface area contributed by atoms with Gasteiger partial charge in [0.1, 0.15) is 0 Å². The Morgan fingerprint density at radius 1 is 1.27 bits per heavy atom. The molecule has 1 saturated heterocycles. The van der Waals surface area contributed by atoms with Crippen LogP contribution >= 0.6 is 11.6 Å². The molecule has 4 nitrogen and oxygen atoms in total. The molecule has 0 aliphatic carbocycles. The Balaban J connectivity index is 1.91. The summed E-state index contributed by atoms with van der Waals surface area (Å²) in [7, 11) is 0. The van der Waals surface area contributed by atoms with E-state index in [1.165, 1.54) is 0 Å². The lowest BCUT2D eigenvalue weighted by Gasteiger charge is -2.32. The van der Waals surface area contributed by atoms with E-state index in [1.54, 1.807) is 0 Å². The second-order valence-corrected chi connectivity index (χ2v) is 6.63. The zero-order valence-corrected chi connectivity index (χ0v) is 14.1. The first kappa shape index (κ1) is 16.8. The van der Waals surface area contributed by atoms with Gasteiger partial charge >= 0.3 is 0 Å². The molecule has 22 heavy (non-hydrogen) atoms. The number of piperidine rings is 1. The first-order valence-corrected chi connectivity index (χ1v) is 8.12. The van der Waals surface area contributed by atoms with Crippen LogP contribution in [0.2, 0.25) is 5.02 Å². The van der Waals surface area contributed by atoms with E-state index in [0.29, 0.717) is 36.6 Å². The fraction of sp³-hybridized carbons (Fsp3) is 0.529. The zero-order chi connectivity index (χ0) is 16.3. The molecule has 1 heterocycles. The molecular formula is C17H23ClN2O2. The van der Waals surface area contributed by atoms with Crippen LogP contribution in [-0.2, 0) is 9.59 Å². The summed E-state index contributed by atoms with van der Waals surface area (Å²) in [6, 6.07) is 5.58. The van der Waals surface area contributed by atoms with Crippen molar-refractivity contribution in [3.63, 3.8) is 0 Å². The average molecular weight is 323 g/mol. The summed E-state index contributed by atoms with van der Waals surface area (Å²) in [5.74, 6) is 0.105. The van der Waals surface area contributed by atoms with Crippen LogP contribution in [0.4, 0.5) is 5.69 Å². The molecule has 0 radical (unpaired) electrons. The van der Waals surface area contributed by atoms with Gasteiger partial charge in [-0.25, -0.2) is 0 Å². The smallest absolute Gasteiger partial charge is 0.227 e. The fourth-order valence-corrected chi connectivity index (χ4v) is 2.97. The number of nitrogens with zero attached hydrogens (tertiary/aromatic N) is 1. The molecule has 1 aromatic carbocycles. The van der Waals surface area contributed by atoms with Gasteiger partial charge in [-0.05, 0) is 37.5 Å². The Bertz CT molecular complexity index is 564. The van der Waals surface area contributed by atoms with E-state index < -0.39 is 0 Å². The third-order valence-corrected chi connectivity index (χ3v) is 4.37.